The first-order valence-corrected chi connectivity index (χ1v) is 13.8. The Morgan fingerprint density at radius 1 is 0.939 bits per heavy atom. The Balaban J connectivity index is 1.17. The topological polar surface area (TPSA) is 52.6 Å². The zero-order valence-corrected chi connectivity index (χ0v) is 20.8. The molecule has 0 aromatic heterocycles. The molecule has 10 atom stereocenters. The highest BCUT2D eigenvalue weighted by molar-refractivity contribution is 5.74. The molecule has 5 fully saturated rings. The molecule has 4 nitrogen and oxygen atoms in total. The highest BCUT2D eigenvalue weighted by Gasteiger charge is 2.60. The summed E-state index contributed by atoms with van der Waals surface area (Å²) in [6, 6.07) is 0. The van der Waals surface area contributed by atoms with Gasteiger partial charge in [-0.15, -0.1) is 0 Å². The SMILES string of the molecule is CC(=O)O[C@H]1CC[C@@]2(C)C(=CC[C@@H]3[C@H]4CC[C@@H](C(=O)O[C@@H]5C[C@H]6CC[C@H]5C6)[C@@]4(C)CC[C@H]32)C1. The van der Waals surface area contributed by atoms with Gasteiger partial charge in [0.1, 0.15) is 12.2 Å². The van der Waals surface area contributed by atoms with Crippen molar-refractivity contribution in [3.05, 3.63) is 11.6 Å². The van der Waals surface area contributed by atoms with Crippen molar-refractivity contribution in [3.8, 4) is 0 Å². The maximum Gasteiger partial charge on any atom is 0.309 e. The summed E-state index contributed by atoms with van der Waals surface area (Å²) in [6.07, 6.45) is 16.5. The Labute approximate surface area is 199 Å². The number of allylic oxidation sites excluding steroid dienone is 1. The Kier molecular flexibility index (Phi) is 5.27. The molecule has 6 rings (SSSR count). The monoisotopic (exact) mass is 454 g/mol. The molecule has 0 aromatic rings. The lowest BCUT2D eigenvalue weighted by Gasteiger charge is -2.57. The van der Waals surface area contributed by atoms with Crippen LogP contribution in [0.5, 0.6) is 0 Å². The smallest absolute Gasteiger partial charge is 0.309 e. The Morgan fingerprint density at radius 3 is 2.52 bits per heavy atom. The van der Waals surface area contributed by atoms with E-state index in [2.05, 4.69) is 19.9 Å². The van der Waals surface area contributed by atoms with E-state index in [9.17, 15) is 9.59 Å². The largest absolute Gasteiger partial charge is 0.462 e. The van der Waals surface area contributed by atoms with Crippen molar-refractivity contribution in [1.29, 1.82) is 0 Å². The molecule has 6 aliphatic rings. The van der Waals surface area contributed by atoms with Gasteiger partial charge in [0.25, 0.3) is 0 Å². The lowest BCUT2D eigenvalue weighted by molar-refractivity contribution is -0.164. The average molecular weight is 455 g/mol. The van der Waals surface area contributed by atoms with Crippen LogP contribution in [0.25, 0.3) is 0 Å². The molecule has 2 bridgehead atoms. The van der Waals surface area contributed by atoms with Crippen molar-refractivity contribution in [1.82, 2.24) is 0 Å². The Hall–Kier alpha value is -1.32. The minimum atomic E-state index is -0.152. The van der Waals surface area contributed by atoms with E-state index in [4.69, 9.17) is 9.47 Å². The van der Waals surface area contributed by atoms with Crippen LogP contribution < -0.4 is 0 Å². The summed E-state index contributed by atoms with van der Waals surface area (Å²) in [5.41, 5.74) is 1.88. The van der Waals surface area contributed by atoms with Crippen molar-refractivity contribution >= 4 is 11.9 Å². The molecule has 0 radical (unpaired) electrons. The molecule has 33 heavy (non-hydrogen) atoms. The number of carbonyl (C=O) groups excluding carboxylic acids is 2. The van der Waals surface area contributed by atoms with Gasteiger partial charge >= 0.3 is 11.9 Å². The molecule has 6 aliphatic carbocycles. The van der Waals surface area contributed by atoms with Gasteiger partial charge in [-0.3, -0.25) is 9.59 Å². The number of hydrogen-bond donors (Lipinski definition) is 0. The number of esters is 2. The van der Waals surface area contributed by atoms with Crippen molar-refractivity contribution in [3.63, 3.8) is 0 Å². The van der Waals surface area contributed by atoms with Crippen LogP contribution in [0.1, 0.15) is 97.8 Å². The van der Waals surface area contributed by atoms with E-state index in [0.29, 0.717) is 23.7 Å². The van der Waals surface area contributed by atoms with Gasteiger partial charge in [-0.05, 0) is 111 Å². The summed E-state index contributed by atoms with van der Waals surface area (Å²) in [6.45, 7) is 6.44. The van der Waals surface area contributed by atoms with Crippen LogP contribution >= 0.6 is 0 Å². The summed E-state index contributed by atoms with van der Waals surface area (Å²) in [7, 11) is 0. The van der Waals surface area contributed by atoms with Gasteiger partial charge in [0.2, 0.25) is 0 Å². The second-order valence-corrected chi connectivity index (χ2v) is 13.1. The molecule has 0 N–H and O–H groups in total. The molecule has 0 aromatic carbocycles. The van der Waals surface area contributed by atoms with Crippen molar-refractivity contribution < 1.29 is 19.1 Å². The van der Waals surface area contributed by atoms with Crippen LogP contribution in [-0.2, 0) is 19.1 Å². The predicted octanol–water partition coefficient (Wildman–Crippen LogP) is 6.23. The first-order valence-electron chi connectivity index (χ1n) is 13.8. The van der Waals surface area contributed by atoms with Crippen LogP contribution in [0, 0.1) is 46.3 Å². The van der Waals surface area contributed by atoms with E-state index in [1.807, 2.05) is 0 Å². The summed E-state index contributed by atoms with van der Waals surface area (Å²) >= 11 is 0. The molecular formula is C29H42O4. The fourth-order valence-corrected chi connectivity index (χ4v) is 9.91. The zero-order chi connectivity index (χ0) is 23.0. The molecule has 0 saturated heterocycles. The number of rotatable bonds is 3. The highest BCUT2D eigenvalue weighted by atomic mass is 16.5. The van der Waals surface area contributed by atoms with Gasteiger partial charge in [0.15, 0.2) is 0 Å². The van der Waals surface area contributed by atoms with Crippen molar-refractivity contribution in [2.75, 3.05) is 0 Å². The van der Waals surface area contributed by atoms with Crippen LogP contribution in [-0.4, -0.2) is 24.1 Å². The molecule has 5 saturated carbocycles. The van der Waals surface area contributed by atoms with E-state index < -0.39 is 0 Å². The highest BCUT2D eigenvalue weighted by Crippen LogP contribution is 2.66. The van der Waals surface area contributed by atoms with Gasteiger partial charge in [-0.1, -0.05) is 25.5 Å². The third-order valence-corrected chi connectivity index (χ3v) is 11.6. The summed E-state index contributed by atoms with van der Waals surface area (Å²) < 4.78 is 11.8. The van der Waals surface area contributed by atoms with Crippen LogP contribution in [0.4, 0.5) is 0 Å². The van der Waals surface area contributed by atoms with E-state index in [1.54, 1.807) is 0 Å². The molecule has 0 unspecified atom stereocenters. The molecule has 0 heterocycles. The third-order valence-electron chi connectivity index (χ3n) is 11.6. The minimum absolute atomic E-state index is 0.0590. The fourth-order valence-electron chi connectivity index (χ4n) is 9.91. The molecular weight excluding hydrogens is 412 g/mol. The van der Waals surface area contributed by atoms with Gasteiger partial charge in [0, 0.05) is 13.3 Å². The predicted molar refractivity (Wildman–Crippen MR) is 126 cm³/mol. The van der Waals surface area contributed by atoms with E-state index >= 15 is 0 Å². The lowest BCUT2D eigenvalue weighted by Crippen LogP contribution is -2.51. The second kappa shape index (κ2) is 7.85. The first-order chi connectivity index (χ1) is 15.8. The normalized spacial score (nSPS) is 50.1. The number of carbonyl (C=O) groups is 2. The molecule has 0 amide bonds. The van der Waals surface area contributed by atoms with E-state index in [1.165, 1.54) is 44.6 Å². The van der Waals surface area contributed by atoms with Crippen LogP contribution in [0.2, 0.25) is 0 Å². The number of hydrogen-bond acceptors (Lipinski definition) is 4. The Morgan fingerprint density at radius 2 is 1.79 bits per heavy atom. The van der Waals surface area contributed by atoms with E-state index in [-0.39, 0.29) is 40.9 Å². The van der Waals surface area contributed by atoms with Crippen LogP contribution in [0.3, 0.4) is 0 Å². The van der Waals surface area contributed by atoms with E-state index in [0.717, 1.165) is 50.9 Å². The van der Waals surface area contributed by atoms with Crippen molar-refractivity contribution in [2.45, 2.75) is 110 Å². The summed E-state index contributed by atoms with van der Waals surface area (Å²) in [5, 5.41) is 0. The summed E-state index contributed by atoms with van der Waals surface area (Å²) in [5.74, 6) is 3.56. The maximum atomic E-state index is 13.4. The minimum Gasteiger partial charge on any atom is -0.462 e. The maximum absolute atomic E-state index is 13.4. The lowest BCUT2D eigenvalue weighted by atomic mass is 9.47. The number of ether oxygens (including phenoxy) is 2. The molecule has 182 valence electrons. The van der Waals surface area contributed by atoms with Crippen molar-refractivity contribution in [2.24, 2.45) is 46.3 Å². The molecule has 4 heteroatoms. The Bertz CT molecular complexity index is 862. The average Bonchev–Trinajstić information content (AvgIpc) is 3.47. The number of fused-ring (bicyclic) bond motifs is 7. The third kappa shape index (κ3) is 3.44. The second-order valence-electron chi connectivity index (χ2n) is 13.1. The standard InChI is InChI=1S/C29H42O4/c1-17(30)32-21-10-12-28(2)20(16-21)6-7-22-23-8-9-25(29(23,3)13-11-24(22)28)27(31)33-26-15-18-4-5-19(26)14-18/h6,18-19,21-26H,4-5,7-16H2,1-3H3/t18-,19-,21-,22+,23+,24+,25-,26+,28-,29-/m0/s1. The fraction of sp³-hybridized carbons (Fsp3) is 0.862. The quantitative estimate of drug-likeness (QED) is 0.375. The zero-order valence-electron chi connectivity index (χ0n) is 20.8. The van der Waals surface area contributed by atoms with Gasteiger partial charge < -0.3 is 9.47 Å². The first kappa shape index (κ1) is 22.2. The van der Waals surface area contributed by atoms with Gasteiger partial charge in [-0.2, -0.15) is 0 Å². The van der Waals surface area contributed by atoms with Gasteiger partial charge in [-0.25, -0.2) is 0 Å². The summed E-state index contributed by atoms with van der Waals surface area (Å²) in [4.78, 5) is 24.9. The van der Waals surface area contributed by atoms with Crippen LogP contribution in [0.15, 0.2) is 11.6 Å². The molecule has 0 spiro atoms. The molecule has 0 aliphatic heterocycles. The van der Waals surface area contributed by atoms with Gasteiger partial charge in [0.05, 0.1) is 5.92 Å².